The first kappa shape index (κ1) is 14.8. The van der Waals surface area contributed by atoms with Gasteiger partial charge in [0.05, 0.1) is 5.02 Å². The molecule has 0 amide bonds. The van der Waals surface area contributed by atoms with Crippen LogP contribution in [0.25, 0.3) is 0 Å². The zero-order valence-electron chi connectivity index (χ0n) is 11.4. The topological polar surface area (TPSA) is 29.3 Å². The molecule has 0 saturated heterocycles. The molecule has 0 spiro atoms. The van der Waals surface area contributed by atoms with Crippen LogP contribution < -0.4 is 5.73 Å². The van der Waals surface area contributed by atoms with E-state index in [9.17, 15) is 4.39 Å². The summed E-state index contributed by atoms with van der Waals surface area (Å²) >= 11 is 6.00. The maximum absolute atomic E-state index is 13.5. The van der Waals surface area contributed by atoms with Crippen molar-refractivity contribution in [1.29, 1.82) is 0 Å². The molecule has 0 bridgehead atoms. The monoisotopic (exact) mass is 292 g/mol. The molecule has 4 heteroatoms. The molecule has 2 aromatic carbocycles. The fraction of sp³-hybridized carbons (Fsp3) is 0.250. The fourth-order valence-electron chi connectivity index (χ4n) is 2.11. The van der Waals surface area contributed by atoms with Crippen molar-refractivity contribution >= 4 is 17.3 Å². The van der Waals surface area contributed by atoms with Crippen molar-refractivity contribution in [2.75, 3.05) is 12.3 Å². The summed E-state index contributed by atoms with van der Waals surface area (Å²) in [5, 5.41) is 0.201. The van der Waals surface area contributed by atoms with E-state index in [0.717, 1.165) is 29.9 Å². The Balaban J connectivity index is 2.14. The number of rotatable bonds is 5. The Hall–Kier alpha value is -1.58. The van der Waals surface area contributed by atoms with Crippen molar-refractivity contribution in [2.24, 2.45) is 0 Å². The number of para-hydroxylation sites is 1. The number of benzene rings is 2. The summed E-state index contributed by atoms with van der Waals surface area (Å²) in [7, 11) is 0. The molecule has 0 aliphatic carbocycles. The molecule has 0 radical (unpaired) electrons. The number of hydrogen-bond donors (Lipinski definition) is 1. The first-order valence-corrected chi connectivity index (χ1v) is 6.98. The Kier molecular flexibility index (Phi) is 4.99. The third-order valence-electron chi connectivity index (χ3n) is 3.32. The van der Waals surface area contributed by atoms with Gasteiger partial charge in [0.15, 0.2) is 0 Å². The lowest BCUT2D eigenvalue weighted by molar-refractivity contribution is 0.271. The van der Waals surface area contributed by atoms with Gasteiger partial charge in [-0.15, -0.1) is 0 Å². The fourth-order valence-corrected chi connectivity index (χ4v) is 2.30. The van der Waals surface area contributed by atoms with Crippen LogP contribution in [0, 0.1) is 5.82 Å². The third-order valence-corrected chi connectivity index (χ3v) is 3.75. The molecule has 2 aromatic rings. The van der Waals surface area contributed by atoms with Gasteiger partial charge in [0, 0.05) is 18.8 Å². The van der Waals surface area contributed by atoms with E-state index in [1.54, 1.807) is 6.07 Å². The van der Waals surface area contributed by atoms with Crippen LogP contribution in [0.2, 0.25) is 5.02 Å². The minimum atomic E-state index is -0.376. The first-order valence-electron chi connectivity index (χ1n) is 6.60. The van der Waals surface area contributed by atoms with E-state index in [2.05, 4.69) is 11.8 Å². The SMILES string of the molecule is CCN(Cc1ccccc1N)Cc1cccc(F)c1Cl. The van der Waals surface area contributed by atoms with Gasteiger partial charge >= 0.3 is 0 Å². The summed E-state index contributed by atoms with van der Waals surface area (Å²) in [6, 6.07) is 12.7. The van der Waals surface area contributed by atoms with E-state index in [1.807, 2.05) is 30.3 Å². The quantitative estimate of drug-likeness (QED) is 0.841. The summed E-state index contributed by atoms with van der Waals surface area (Å²) in [6.07, 6.45) is 0. The average Bonchev–Trinajstić information content (AvgIpc) is 2.45. The molecule has 0 aliphatic rings. The highest BCUT2D eigenvalue weighted by Crippen LogP contribution is 2.22. The van der Waals surface area contributed by atoms with Gasteiger partial charge in [0.25, 0.3) is 0 Å². The lowest BCUT2D eigenvalue weighted by atomic mass is 10.1. The molecule has 20 heavy (non-hydrogen) atoms. The van der Waals surface area contributed by atoms with Gasteiger partial charge in [-0.25, -0.2) is 4.39 Å². The molecule has 0 aliphatic heterocycles. The van der Waals surface area contributed by atoms with Crippen LogP contribution in [-0.2, 0) is 13.1 Å². The van der Waals surface area contributed by atoms with Crippen LogP contribution >= 0.6 is 11.6 Å². The van der Waals surface area contributed by atoms with Gasteiger partial charge in [-0.2, -0.15) is 0 Å². The highest BCUT2D eigenvalue weighted by atomic mass is 35.5. The van der Waals surface area contributed by atoms with E-state index in [-0.39, 0.29) is 10.8 Å². The second kappa shape index (κ2) is 6.73. The number of hydrogen-bond acceptors (Lipinski definition) is 2. The van der Waals surface area contributed by atoms with Gasteiger partial charge in [-0.3, -0.25) is 4.90 Å². The largest absolute Gasteiger partial charge is 0.398 e. The summed E-state index contributed by atoms with van der Waals surface area (Å²) in [5.41, 5.74) is 8.60. The molecule has 0 saturated carbocycles. The second-order valence-electron chi connectivity index (χ2n) is 4.72. The summed E-state index contributed by atoms with van der Waals surface area (Å²) < 4.78 is 13.5. The molecule has 2 nitrogen and oxygen atoms in total. The maximum atomic E-state index is 13.5. The number of halogens is 2. The molecule has 2 rings (SSSR count). The van der Waals surface area contributed by atoms with Crippen LogP contribution in [0.5, 0.6) is 0 Å². The molecule has 0 heterocycles. The minimum Gasteiger partial charge on any atom is -0.398 e. The molecule has 2 N–H and O–H groups in total. The van der Waals surface area contributed by atoms with Crippen LogP contribution in [0.15, 0.2) is 42.5 Å². The van der Waals surface area contributed by atoms with Crippen molar-refractivity contribution in [1.82, 2.24) is 4.90 Å². The van der Waals surface area contributed by atoms with Crippen LogP contribution in [0.1, 0.15) is 18.1 Å². The average molecular weight is 293 g/mol. The van der Waals surface area contributed by atoms with Crippen LogP contribution in [0.3, 0.4) is 0 Å². The Morgan fingerprint density at radius 3 is 2.40 bits per heavy atom. The number of anilines is 1. The van der Waals surface area contributed by atoms with Gasteiger partial charge in [-0.1, -0.05) is 48.9 Å². The predicted octanol–water partition coefficient (Wildman–Crippen LogP) is 4.08. The zero-order valence-corrected chi connectivity index (χ0v) is 12.2. The van der Waals surface area contributed by atoms with Crippen LogP contribution in [0.4, 0.5) is 10.1 Å². The molecule has 0 fully saturated rings. The number of nitrogens with zero attached hydrogens (tertiary/aromatic N) is 1. The van der Waals surface area contributed by atoms with E-state index in [4.69, 9.17) is 17.3 Å². The van der Waals surface area contributed by atoms with Crippen molar-refractivity contribution in [3.8, 4) is 0 Å². The Morgan fingerprint density at radius 2 is 1.70 bits per heavy atom. The molecule has 0 unspecified atom stereocenters. The molecular weight excluding hydrogens is 275 g/mol. The first-order chi connectivity index (χ1) is 9.61. The van der Waals surface area contributed by atoms with Crippen molar-refractivity contribution in [3.63, 3.8) is 0 Å². The smallest absolute Gasteiger partial charge is 0.142 e. The summed E-state index contributed by atoms with van der Waals surface area (Å²) in [5.74, 6) is -0.376. The Bertz CT molecular complexity index is 586. The zero-order chi connectivity index (χ0) is 14.5. The molecule has 0 atom stereocenters. The van der Waals surface area contributed by atoms with E-state index < -0.39 is 0 Å². The van der Waals surface area contributed by atoms with Gasteiger partial charge < -0.3 is 5.73 Å². The Morgan fingerprint density at radius 1 is 1.05 bits per heavy atom. The highest BCUT2D eigenvalue weighted by molar-refractivity contribution is 6.31. The third kappa shape index (κ3) is 3.50. The van der Waals surface area contributed by atoms with Crippen molar-refractivity contribution in [2.45, 2.75) is 20.0 Å². The maximum Gasteiger partial charge on any atom is 0.142 e. The summed E-state index contributed by atoms with van der Waals surface area (Å²) in [4.78, 5) is 2.17. The normalized spacial score (nSPS) is 11.0. The predicted molar refractivity (Wildman–Crippen MR) is 82.1 cm³/mol. The van der Waals surface area contributed by atoms with Crippen molar-refractivity contribution < 1.29 is 4.39 Å². The van der Waals surface area contributed by atoms with E-state index in [0.29, 0.717) is 6.54 Å². The van der Waals surface area contributed by atoms with Crippen LogP contribution in [-0.4, -0.2) is 11.4 Å². The van der Waals surface area contributed by atoms with Gasteiger partial charge in [-0.05, 0) is 29.8 Å². The highest BCUT2D eigenvalue weighted by Gasteiger charge is 2.11. The summed E-state index contributed by atoms with van der Waals surface area (Å²) in [6.45, 7) is 4.21. The number of nitrogen functional groups attached to an aromatic ring is 1. The standard InChI is InChI=1S/C16H18ClFN2/c1-2-20(10-12-6-3-4-9-15(12)19)11-13-7-5-8-14(18)16(13)17/h3-9H,2,10-11,19H2,1H3. The molecule has 106 valence electrons. The van der Waals surface area contributed by atoms with Gasteiger partial charge in [0.2, 0.25) is 0 Å². The minimum absolute atomic E-state index is 0.201. The lowest BCUT2D eigenvalue weighted by Crippen LogP contribution is -2.23. The van der Waals surface area contributed by atoms with Gasteiger partial charge in [0.1, 0.15) is 5.82 Å². The van der Waals surface area contributed by atoms with E-state index in [1.165, 1.54) is 6.07 Å². The molecular formula is C16H18ClFN2. The van der Waals surface area contributed by atoms with Crippen molar-refractivity contribution in [3.05, 3.63) is 64.4 Å². The molecule has 0 aromatic heterocycles. The van der Waals surface area contributed by atoms with E-state index >= 15 is 0 Å². The number of nitrogens with two attached hydrogens (primary N) is 1. The Labute approximate surface area is 124 Å². The lowest BCUT2D eigenvalue weighted by Gasteiger charge is -2.22. The second-order valence-corrected chi connectivity index (χ2v) is 5.09.